The van der Waals surface area contributed by atoms with Crippen LogP contribution >= 0.6 is 22.6 Å². The fraction of sp³-hybridized carbons (Fsp3) is 0.0909. The quantitative estimate of drug-likeness (QED) is 0.246. The van der Waals surface area contributed by atoms with E-state index in [2.05, 4.69) is 6.58 Å². The lowest BCUT2D eigenvalue weighted by Gasteiger charge is -2.20. The normalized spacial score (nSPS) is 13.2. The second-order valence-electron chi connectivity index (χ2n) is 6.89. The summed E-state index contributed by atoms with van der Waals surface area (Å²) < 4.78 is 33.9. The van der Waals surface area contributed by atoms with E-state index in [1.54, 1.807) is 18.2 Å². The summed E-state index contributed by atoms with van der Waals surface area (Å²) in [7, 11) is -3.87. The highest BCUT2D eigenvalue weighted by atomic mass is 127. The molecule has 4 rings (SSSR count). The van der Waals surface area contributed by atoms with Crippen molar-refractivity contribution in [2.75, 3.05) is 10.8 Å². The number of nitro groups is 1. The first-order valence-electron chi connectivity index (χ1n) is 9.24. The van der Waals surface area contributed by atoms with Crippen LogP contribution in [-0.4, -0.2) is 19.9 Å². The first-order chi connectivity index (χ1) is 14.8. The zero-order chi connectivity index (χ0) is 22.2. The van der Waals surface area contributed by atoms with Crippen LogP contribution in [0.2, 0.25) is 0 Å². The molecule has 0 N–H and O–H groups in total. The van der Waals surface area contributed by atoms with Crippen molar-refractivity contribution in [1.82, 2.24) is 0 Å². The number of nitro benzene ring substituents is 1. The van der Waals surface area contributed by atoms with E-state index in [9.17, 15) is 18.5 Å². The molecule has 0 saturated heterocycles. The molecule has 31 heavy (non-hydrogen) atoms. The van der Waals surface area contributed by atoms with E-state index in [-0.39, 0.29) is 29.5 Å². The summed E-state index contributed by atoms with van der Waals surface area (Å²) in [5.41, 5.74) is 1.92. The van der Waals surface area contributed by atoms with E-state index in [1.165, 1.54) is 22.5 Å². The number of rotatable bonds is 6. The Kier molecular flexibility index (Phi) is 5.71. The topological polar surface area (TPSA) is 89.8 Å². The molecule has 9 heteroatoms. The maximum atomic E-state index is 13.3. The van der Waals surface area contributed by atoms with Crippen molar-refractivity contribution < 1.29 is 18.1 Å². The van der Waals surface area contributed by atoms with E-state index in [1.807, 2.05) is 52.9 Å². The van der Waals surface area contributed by atoms with Crippen LogP contribution in [0.4, 0.5) is 11.4 Å². The monoisotopic (exact) mass is 548 g/mol. The van der Waals surface area contributed by atoms with Gasteiger partial charge in [-0.05, 0) is 45.9 Å². The minimum atomic E-state index is -3.87. The molecule has 0 amide bonds. The highest BCUT2D eigenvalue weighted by Crippen LogP contribution is 2.48. The molecular formula is C22H17IN2O5S. The van der Waals surface area contributed by atoms with Gasteiger partial charge in [-0.15, -0.1) is 0 Å². The van der Waals surface area contributed by atoms with Gasteiger partial charge in [0.05, 0.1) is 22.1 Å². The number of nitrogens with zero attached hydrogens (tertiary/aromatic N) is 2. The van der Waals surface area contributed by atoms with Crippen molar-refractivity contribution in [2.45, 2.75) is 11.5 Å². The molecule has 158 valence electrons. The number of sulfonamides is 1. The van der Waals surface area contributed by atoms with Gasteiger partial charge in [-0.2, -0.15) is 0 Å². The number of fused-ring (bicyclic) bond motifs is 1. The van der Waals surface area contributed by atoms with Gasteiger partial charge in [0.1, 0.15) is 10.2 Å². The summed E-state index contributed by atoms with van der Waals surface area (Å²) in [6.45, 7) is 4.09. The molecule has 7 nitrogen and oxygen atoms in total. The van der Waals surface area contributed by atoms with E-state index in [0.717, 1.165) is 5.56 Å². The number of ether oxygens (including phenoxy) is 1. The molecule has 1 aliphatic rings. The molecule has 0 spiro atoms. The van der Waals surface area contributed by atoms with Gasteiger partial charge in [-0.3, -0.25) is 14.4 Å². The number of anilines is 1. The van der Waals surface area contributed by atoms with E-state index in [0.29, 0.717) is 20.4 Å². The Morgan fingerprint density at radius 1 is 1.10 bits per heavy atom. The number of hydrogen-bond acceptors (Lipinski definition) is 5. The van der Waals surface area contributed by atoms with Gasteiger partial charge < -0.3 is 4.74 Å². The number of hydrogen-bond donors (Lipinski definition) is 0. The largest absolute Gasteiger partial charge is 0.482 e. The van der Waals surface area contributed by atoms with Crippen LogP contribution in [0, 0.1) is 13.7 Å². The standard InChI is InChI=1S/C22H17IN2O5S/c1-15-13-24(31(28,29)17-10-6-3-7-11-17)18-12-19(22(25(26)27)21(23)20(15)18)30-14-16-8-4-2-5-9-16/h2-12H,1,13-14H2. The minimum Gasteiger partial charge on any atom is -0.482 e. The summed E-state index contributed by atoms with van der Waals surface area (Å²) in [5, 5.41) is 11.8. The van der Waals surface area contributed by atoms with Gasteiger partial charge in [0.15, 0.2) is 0 Å². The van der Waals surface area contributed by atoms with Crippen molar-refractivity contribution in [3.8, 4) is 5.75 Å². The van der Waals surface area contributed by atoms with Crippen LogP contribution in [0.25, 0.3) is 5.57 Å². The van der Waals surface area contributed by atoms with E-state index in [4.69, 9.17) is 4.74 Å². The third kappa shape index (κ3) is 3.90. The number of benzene rings is 3. The molecule has 0 radical (unpaired) electrons. The lowest BCUT2D eigenvalue weighted by atomic mass is 10.1. The second-order valence-corrected chi connectivity index (χ2v) is 9.83. The van der Waals surface area contributed by atoms with Crippen LogP contribution in [0.5, 0.6) is 5.75 Å². The van der Waals surface area contributed by atoms with Crippen LogP contribution in [0.3, 0.4) is 0 Å². The molecule has 0 saturated carbocycles. The third-order valence-electron chi connectivity index (χ3n) is 4.89. The molecule has 0 aliphatic carbocycles. The van der Waals surface area contributed by atoms with E-state index < -0.39 is 14.9 Å². The molecule has 0 bridgehead atoms. The Balaban J connectivity index is 1.82. The predicted molar refractivity (Wildman–Crippen MR) is 127 cm³/mol. The average molecular weight is 548 g/mol. The molecule has 3 aromatic carbocycles. The SMILES string of the molecule is C=C1CN(S(=O)(=O)c2ccccc2)c2cc(OCc3ccccc3)c([N+](=O)[O-])c(I)c21. The van der Waals surface area contributed by atoms with Gasteiger partial charge >= 0.3 is 5.69 Å². The van der Waals surface area contributed by atoms with Crippen LogP contribution in [-0.2, 0) is 16.6 Å². The van der Waals surface area contributed by atoms with Crippen molar-refractivity contribution in [2.24, 2.45) is 0 Å². The Hall–Kier alpha value is -2.92. The Labute approximate surface area is 193 Å². The van der Waals surface area contributed by atoms with Crippen LogP contribution in [0.15, 0.2) is 78.2 Å². The predicted octanol–water partition coefficient (Wildman–Crippen LogP) is 5.00. The molecule has 0 atom stereocenters. The second kappa shape index (κ2) is 8.31. The van der Waals surface area contributed by atoms with Gasteiger partial charge in [-0.1, -0.05) is 55.1 Å². The van der Waals surface area contributed by atoms with Gasteiger partial charge in [0.25, 0.3) is 10.0 Å². The first kappa shape index (κ1) is 21.3. The summed E-state index contributed by atoms with van der Waals surface area (Å²) in [6.07, 6.45) is 0. The smallest absolute Gasteiger partial charge is 0.324 e. The zero-order valence-corrected chi connectivity index (χ0v) is 19.2. The molecule has 0 unspecified atom stereocenters. The molecular weight excluding hydrogens is 531 g/mol. The minimum absolute atomic E-state index is 0.0139. The summed E-state index contributed by atoms with van der Waals surface area (Å²) in [6, 6.07) is 18.7. The maximum Gasteiger partial charge on any atom is 0.324 e. The van der Waals surface area contributed by atoms with Crippen LogP contribution in [0.1, 0.15) is 11.1 Å². The lowest BCUT2D eigenvalue weighted by Crippen LogP contribution is -2.28. The summed E-state index contributed by atoms with van der Waals surface area (Å²) in [5.74, 6) is 0.0139. The van der Waals surface area contributed by atoms with Crippen molar-refractivity contribution >= 4 is 49.6 Å². The summed E-state index contributed by atoms with van der Waals surface area (Å²) in [4.78, 5) is 11.4. The summed E-state index contributed by atoms with van der Waals surface area (Å²) >= 11 is 1.87. The fourth-order valence-electron chi connectivity index (χ4n) is 3.42. The zero-order valence-electron chi connectivity index (χ0n) is 16.2. The van der Waals surface area contributed by atoms with Crippen molar-refractivity contribution in [3.05, 3.63) is 98.1 Å². The molecule has 1 heterocycles. The molecule has 3 aromatic rings. The fourth-order valence-corrected chi connectivity index (χ4v) is 6.03. The van der Waals surface area contributed by atoms with Gasteiger partial charge in [0.2, 0.25) is 5.75 Å². The Morgan fingerprint density at radius 2 is 1.71 bits per heavy atom. The average Bonchev–Trinajstić information content (AvgIpc) is 3.10. The Bertz CT molecular complexity index is 1280. The molecule has 0 aromatic heterocycles. The number of halogens is 1. The molecule has 0 fully saturated rings. The maximum absolute atomic E-state index is 13.3. The highest BCUT2D eigenvalue weighted by Gasteiger charge is 2.38. The van der Waals surface area contributed by atoms with Gasteiger partial charge in [-0.25, -0.2) is 8.42 Å². The Morgan fingerprint density at radius 3 is 2.32 bits per heavy atom. The lowest BCUT2D eigenvalue weighted by molar-refractivity contribution is -0.386. The third-order valence-corrected chi connectivity index (χ3v) is 7.72. The van der Waals surface area contributed by atoms with Gasteiger partial charge in [0, 0.05) is 11.6 Å². The first-order valence-corrected chi connectivity index (χ1v) is 11.8. The van der Waals surface area contributed by atoms with Crippen LogP contribution < -0.4 is 9.04 Å². The van der Waals surface area contributed by atoms with Crippen molar-refractivity contribution in [3.63, 3.8) is 0 Å². The molecule has 1 aliphatic heterocycles. The van der Waals surface area contributed by atoms with Crippen molar-refractivity contribution in [1.29, 1.82) is 0 Å². The highest BCUT2D eigenvalue weighted by molar-refractivity contribution is 14.1. The van der Waals surface area contributed by atoms with E-state index >= 15 is 0 Å².